The number of benzene rings is 9. The van der Waals surface area contributed by atoms with Crippen LogP contribution in [0.3, 0.4) is 0 Å². The van der Waals surface area contributed by atoms with E-state index in [1.54, 1.807) is 37.2 Å². The first-order chi connectivity index (χ1) is 40.1. The summed E-state index contributed by atoms with van der Waals surface area (Å²) in [5, 5.41) is 5.66. The molecule has 0 amide bonds. The Morgan fingerprint density at radius 1 is 0.370 bits per heavy atom. The van der Waals surface area contributed by atoms with Gasteiger partial charge in [-0.2, -0.15) is 0 Å². The summed E-state index contributed by atoms with van der Waals surface area (Å²) >= 11 is 0. The molecule has 16 rings (SSSR count). The van der Waals surface area contributed by atoms with Crippen molar-refractivity contribution in [1.82, 2.24) is 39.0 Å². The third kappa shape index (κ3) is 7.85. The highest BCUT2D eigenvalue weighted by Gasteiger charge is 2.26. The average Bonchev–Trinajstić information content (AvgIpc) is 4.29. The summed E-state index contributed by atoms with van der Waals surface area (Å²) in [7, 11) is 0. The van der Waals surface area contributed by atoms with Crippen LogP contribution >= 0.6 is 0 Å². The molecule has 0 fully saturated rings. The van der Waals surface area contributed by atoms with Crippen LogP contribution in [0.4, 0.5) is 0 Å². The maximum absolute atomic E-state index is 6.66. The van der Waals surface area contributed by atoms with Crippen LogP contribution in [0.5, 0.6) is 0 Å². The van der Waals surface area contributed by atoms with Crippen molar-refractivity contribution in [3.63, 3.8) is 0 Å². The highest BCUT2D eigenvalue weighted by molar-refractivity contribution is 6.13. The second-order valence-electron chi connectivity index (χ2n) is 20.7. The van der Waals surface area contributed by atoms with Crippen molar-refractivity contribution in [3.05, 3.63) is 273 Å². The number of furan rings is 1. The second-order valence-corrected chi connectivity index (χ2v) is 20.7. The number of fused-ring (bicyclic) bond motifs is 9. The van der Waals surface area contributed by atoms with Crippen molar-refractivity contribution in [1.29, 1.82) is 0 Å². The minimum Gasteiger partial charge on any atom is -0.456 e. The molecule has 0 spiro atoms. The van der Waals surface area contributed by atoms with E-state index in [-0.39, 0.29) is 5.92 Å². The lowest BCUT2D eigenvalue weighted by molar-refractivity contribution is 0.669. The zero-order valence-corrected chi connectivity index (χ0v) is 43.6. The molecular formula is C72H46N8O. The minimum atomic E-state index is 0.144. The smallest absolute Gasteiger partial charge is 0.135 e. The van der Waals surface area contributed by atoms with Crippen LogP contribution in [0, 0.1) is 0 Å². The van der Waals surface area contributed by atoms with Gasteiger partial charge in [0.1, 0.15) is 11.2 Å². The zero-order valence-electron chi connectivity index (χ0n) is 43.6. The summed E-state index contributed by atoms with van der Waals surface area (Å²) in [4.78, 5) is 27.2. The molecule has 0 aliphatic heterocycles. The van der Waals surface area contributed by atoms with Gasteiger partial charge in [0.05, 0.1) is 52.2 Å². The highest BCUT2D eigenvalue weighted by Crippen LogP contribution is 2.44. The van der Waals surface area contributed by atoms with Gasteiger partial charge in [-0.3, -0.25) is 29.9 Å². The van der Waals surface area contributed by atoms with E-state index >= 15 is 0 Å². The van der Waals surface area contributed by atoms with Crippen LogP contribution in [0.1, 0.15) is 22.7 Å². The highest BCUT2D eigenvalue weighted by atomic mass is 16.3. The molecule has 6 heterocycles. The Kier molecular flexibility index (Phi) is 10.8. The lowest BCUT2D eigenvalue weighted by Crippen LogP contribution is -2.07. The van der Waals surface area contributed by atoms with Crippen molar-refractivity contribution in [2.75, 3.05) is 0 Å². The van der Waals surface area contributed by atoms with Crippen molar-refractivity contribution in [2.24, 2.45) is 0 Å². The molecule has 0 N–H and O–H groups in total. The fourth-order valence-electron chi connectivity index (χ4n) is 12.4. The first-order valence-electron chi connectivity index (χ1n) is 27.2. The van der Waals surface area contributed by atoms with Gasteiger partial charge in [0.2, 0.25) is 0 Å². The second kappa shape index (κ2) is 18.9. The Labute approximate surface area is 465 Å². The number of para-hydroxylation sites is 1. The number of hydrogen-bond donors (Lipinski definition) is 0. The van der Waals surface area contributed by atoms with Crippen LogP contribution in [0.2, 0.25) is 0 Å². The van der Waals surface area contributed by atoms with Crippen LogP contribution in [-0.4, -0.2) is 39.0 Å². The SMILES string of the molecule is C1=CC(c2cccc(-c3cnccn3)c2)Cc2c1n(-c1ccc3oc4ccc(-c5ccc6c(c5)c5cc(-c7ccccc7-c7cnccn7)ccc5n6-c5ccccc5)cc4c3c1)c1ccc(-c3ccccc3-c3cnccn3)cc21. The molecule has 0 radical (unpaired) electrons. The molecule has 0 saturated heterocycles. The van der Waals surface area contributed by atoms with Crippen molar-refractivity contribution in [2.45, 2.75) is 12.3 Å². The molecule has 1 aliphatic carbocycles. The van der Waals surface area contributed by atoms with E-state index in [4.69, 9.17) is 9.40 Å². The van der Waals surface area contributed by atoms with Gasteiger partial charge in [0.15, 0.2) is 0 Å². The summed E-state index contributed by atoms with van der Waals surface area (Å²) in [6, 6.07) is 70.1. The van der Waals surface area contributed by atoms with E-state index in [2.05, 4.69) is 240 Å². The standard InChI is InChI=1S/C72H46N8O/c1-2-11-52(12-3-1)79-67-23-18-47(37-58(67)60-39-49(19-25-68(60)79)54-13-4-6-15-56(54)65-43-74-30-33-77-65)48-21-27-71-62(38-48)63-41-53(22-28-72(63)81-71)80-69-24-17-46(45-9-8-10-51(35-45)64-42-73-29-32-76-64)36-59(69)61-40-50(20-26-70(61)80)55-14-5-7-16-57(55)66-44-75-31-34-78-66/h1-35,37-44,46H,36H2. The Hall–Kier alpha value is -10.9. The van der Waals surface area contributed by atoms with E-state index in [0.29, 0.717) is 0 Å². The number of rotatable bonds is 9. The summed E-state index contributed by atoms with van der Waals surface area (Å²) in [5.74, 6) is 0.144. The maximum Gasteiger partial charge on any atom is 0.135 e. The van der Waals surface area contributed by atoms with E-state index in [0.717, 1.165) is 123 Å². The van der Waals surface area contributed by atoms with Crippen LogP contribution in [0.15, 0.2) is 260 Å². The Morgan fingerprint density at radius 2 is 0.901 bits per heavy atom. The van der Waals surface area contributed by atoms with Crippen LogP contribution in [-0.2, 0) is 6.42 Å². The number of aromatic nitrogens is 8. The van der Waals surface area contributed by atoms with E-state index in [1.807, 2.05) is 18.6 Å². The average molecular weight is 1040 g/mol. The van der Waals surface area contributed by atoms with E-state index in [9.17, 15) is 0 Å². The van der Waals surface area contributed by atoms with E-state index in [1.165, 1.54) is 33.0 Å². The molecule has 380 valence electrons. The molecular weight excluding hydrogens is 993 g/mol. The summed E-state index contributed by atoms with van der Waals surface area (Å²) < 4.78 is 11.5. The minimum absolute atomic E-state index is 0.144. The largest absolute Gasteiger partial charge is 0.456 e. The molecule has 1 atom stereocenters. The number of nitrogens with zero attached hydrogens (tertiary/aromatic N) is 8. The first-order valence-corrected chi connectivity index (χ1v) is 27.2. The molecule has 0 bridgehead atoms. The van der Waals surface area contributed by atoms with Gasteiger partial charge in [-0.15, -0.1) is 0 Å². The Bertz CT molecular complexity index is 4970. The molecule has 6 aromatic heterocycles. The predicted molar refractivity (Wildman–Crippen MR) is 326 cm³/mol. The van der Waals surface area contributed by atoms with Gasteiger partial charge in [-0.05, 0) is 142 Å². The number of allylic oxidation sites excluding steroid dienone is 1. The lowest BCUT2D eigenvalue weighted by Gasteiger charge is -2.20. The molecule has 0 saturated carbocycles. The Morgan fingerprint density at radius 3 is 1.54 bits per heavy atom. The van der Waals surface area contributed by atoms with Crippen molar-refractivity contribution < 1.29 is 4.42 Å². The fraction of sp³-hybridized carbons (Fsp3) is 0.0278. The first kappa shape index (κ1) is 46.2. The number of hydrogen-bond acceptors (Lipinski definition) is 7. The summed E-state index contributed by atoms with van der Waals surface area (Å²) in [6.45, 7) is 0. The maximum atomic E-state index is 6.66. The monoisotopic (exact) mass is 1040 g/mol. The predicted octanol–water partition coefficient (Wildman–Crippen LogP) is 17.4. The fourth-order valence-corrected chi connectivity index (χ4v) is 12.4. The van der Waals surface area contributed by atoms with Crippen LogP contribution in [0.25, 0.3) is 139 Å². The lowest BCUT2D eigenvalue weighted by atomic mass is 9.85. The summed E-state index contributed by atoms with van der Waals surface area (Å²) in [5.41, 5.74) is 23.3. The van der Waals surface area contributed by atoms with Crippen LogP contribution < -0.4 is 0 Å². The van der Waals surface area contributed by atoms with Crippen molar-refractivity contribution >= 4 is 60.7 Å². The van der Waals surface area contributed by atoms with Gasteiger partial charge in [0, 0.05) is 104 Å². The third-order valence-electron chi connectivity index (χ3n) is 16.2. The topological polar surface area (TPSA) is 100 Å². The molecule has 9 nitrogen and oxygen atoms in total. The molecule has 9 heteroatoms. The molecule has 1 unspecified atom stereocenters. The molecule has 15 aromatic rings. The summed E-state index contributed by atoms with van der Waals surface area (Å²) in [6.07, 6.45) is 21.4. The van der Waals surface area contributed by atoms with Gasteiger partial charge in [0.25, 0.3) is 0 Å². The quantitative estimate of drug-likeness (QED) is 0.142. The van der Waals surface area contributed by atoms with E-state index < -0.39 is 0 Å². The van der Waals surface area contributed by atoms with Gasteiger partial charge < -0.3 is 13.6 Å². The Balaban J connectivity index is 0.831. The molecule has 81 heavy (non-hydrogen) atoms. The van der Waals surface area contributed by atoms with Gasteiger partial charge >= 0.3 is 0 Å². The van der Waals surface area contributed by atoms with Crippen molar-refractivity contribution in [3.8, 4) is 78.5 Å². The molecule has 1 aliphatic rings. The third-order valence-corrected chi connectivity index (χ3v) is 16.2. The van der Waals surface area contributed by atoms with Gasteiger partial charge in [-0.25, -0.2) is 0 Å². The van der Waals surface area contributed by atoms with Gasteiger partial charge in [-0.1, -0.05) is 115 Å². The zero-order chi connectivity index (χ0) is 53.4. The molecule has 9 aromatic carbocycles. The normalized spacial score (nSPS) is 13.2.